The van der Waals surface area contributed by atoms with E-state index in [1.165, 1.54) is 5.57 Å². The second-order valence-corrected chi connectivity index (χ2v) is 18.3. The second kappa shape index (κ2) is 9.03. The van der Waals surface area contributed by atoms with Crippen molar-refractivity contribution in [1.82, 2.24) is 9.34 Å². The number of allylic oxidation sites excluding steroid dienone is 1. The summed E-state index contributed by atoms with van der Waals surface area (Å²) >= 11 is 0. The van der Waals surface area contributed by atoms with E-state index in [9.17, 15) is 4.57 Å². The molecule has 7 heteroatoms. The van der Waals surface area contributed by atoms with Gasteiger partial charge in [0.25, 0.3) is 0 Å². The summed E-state index contributed by atoms with van der Waals surface area (Å²) in [4.78, 5) is 0. The van der Waals surface area contributed by atoms with Crippen molar-refractivity contribution in [2.24, 2.45) is 11.3 Å². The van der Waals surface area contributed by atoms with Gasteiger partial charge in [0.2, 0.25) is 0 Å². The molecule has 0 spiro atoms. The number of nitrogens with zero attached hydrogens (tertiary/aromatic N) is 2. The molecule has 166 valence electrons. The Labute approximate surface area is 175 Å². The number of hydrogen-bond donors (Lipinski definition) is 0. The fraction of sp³-hybridized carbons (Fsp3) is 0.905. The molecule has 28 heavy (non-hydrogen) atoms. The van der Waals surface area contributed by atoms with Crippen LogP contribution >= 0.6 is 7.67 Å². The highest BCUT2D eigenvalue weighted by Crippen LogP contribution is 2.57. The maximum absolute atomic E-state index is 13.4. The molecule has 1 rings (SSSR count). The zero-order valence-corrected chi connectivity index (χ0v) is 22.2. The average molecular weight is 433 g/mol. The lowest BCUT2D eigenvalue weighted by Crippen LogP contribution is -2.45. The highest BCUT2D eigenvalue weighted by atomic mass is 31.2. The van der Waals surface area contributed by atoms with E-state index in [0.29, 0.717) is 5.92 Å². The summed E-state index contributed by atoms with van der Waals surface area (Å²) < 4.78 is 29.6. The van der Waals surface area contributed by atoms with Crippen LogP contribution in [0.4, 0.5) is 0 Å². The molecular formula is C21H45N2O3PSi. The monoisotopic (exact) mass is 432 g/mol. The minimum absolute atomic E-state index is 0.0773. The molecule has 1 aliphatic rings. The van der Waals surface area contributed by atoms with Crippen LogP contribution in [-0.4, -0.2) is 58.6 Å². The Hall–Kier alpha value is 0.0269. The van der Waals surface area contributed by atoms with Crippen LogP contribution in [0.2, 0.25) is 18.1 Å². The van der Waals surface area contributed by atoms with Gasteiger partial charge in [-0.15, -0.1) is 0 Å². The summed E-state index contributed by atoms with van der Waals surface area (Å²) in [5.41, 5.74) is 1.13. The van der Waals surface area contributed by atoms with Crippen LogP contribution < -0.4 is 0 Å². The van der Waals surface area contributed by atoms with Gasteiger partial charge >= 0.3 is 7.67 Å². The van der Waals surface area contributed by atoms with Crippen LogP contribution in [0.25, 0.3) is 0 Å². The summed E-state index contributed by atoms with van der Waals surface area (Å²) in [6.07, 6.45) is 2.63. The van der Waals surface area contributed by atoms with Crippen molar-refractivity contribution in [1.29, 1.82) is 0 Å². The van der Waals surface area contributed by atoms with Gasteiger partial charge in [-0.1, -0.05) is 46.8 Å². The zero-order valence-electron chi connectivity index (χ0n) is 20.3. The Morgan fingerprint density at radius 2 is 1.68 bits per heavy atom. The molecule has 1 aliphatic carbocycles. The molecule has 1 saturated carbocycles. The molecule has 0 saturated heterocycles. The fourth-order valence-corrected chi connectivity index (χ4v) is 6.60. The van der Waals surface area contributed by atoms with Crippen LogP contribution in [0.1, 0.15) is 53.9 Å². The summed E-state index contributed by atoms with van der Waals surface area (Å²) in [6.45, 7) is 21.0. The van der Waals surface area contributed by atoms with E-state index in [-0.39, 0.29) is 16.6 Å². The highest BCUT2D eigenvalue weighted by molar-refractivity contribution is 7.53. The van der Waals surface area contributed by atoms with Crippen LogP contribution in [0.5, 0.6) is 0 Å². The minimum Gasteiger partial charge on any atom is -0.417 e. The first-order chi connectivity index (χ1) is 12.5. The van der Waals surface area contributed by atoms with E-state index in [1.807, 2.05) is 28.2 Å². The third kappa shape index (κ3) is 5.58. The van der Waals surface area contributed by atoms with Gasteiger partial charge in [0.05, 0.1) is 6.10 Å². The molecule has 2 atom stereocenters. The van der Waals surface area contributed by atoms with E-state index in [0.717, 1.165) is 25.9 Å². The van der Waals surface area contributed by atoms with E-state index in [4.69, 9.17) is 8.95 Å². The van der Waals surface area contributed by atoms with Gasteiger partial charge in [-0.25, -0.2) is 9.34 Å². The Morgan fingerprint density at radius 3 is 2.11 bits per heavy atom. The Kier molecular flexibility index (Phi) is 8.41. The molecule has 0 bridgehead atoms. The standard InChI is InChI=1S/C21H45N2O3PSi/c1-17-13-14-19(26-27(24,22(7)8)23(9)10)21(5,6)18(17)15-16-25-28(11,12)20(2,3)4/h18-19H,1,13-16H2,2-12H3. The van der Waals surface area contributed by atoms with E-state index >= 15 is 0 Å². The first-order valence-corrected chi connectivity index (χ1v) is 14.9. The molecule has 0 aromatic heterocycles. The first kappa shape index (κ1) is 26.1. The molecule has 0 amide bonds. The van der Waals surface area contributed by atoms with Crippen molar-refractivity contribution in [3.63, 3.8) is 0 Å². The fourth-order valence-electron chi connectivity index (χ4n) is 3.74. The van der Waals surface area contributed by atoms with Crippen LogP contribution in [0, 0.1) is 11.3 Å². The summed E-state index contributed by atoms with van der Waals surface area (Å²) in [5, 5.41) is 0.210. The maximum Gasteiger partial charge on any atom is 0.345 e. The number of rotatable bonds is 8. The normalized spacial score (nSPS) is 24.2. The summed E-state index contributed by atoms with van der Waals surface area (Å²) in [5.74, 6) is 0.300. The van der Waals surface area contributed by atoms with Gasteiger partial charge in [0.15, 0.2) is 8.32 Å². The molecule has 0 radical (unpaired) electrons. The smallest absolute Gasteiger partial charge is 0.345 e. The van der Waals surface area contributed by atoms with Gasteiger partial charge in [0.1, 0.15) is 0 Å². The van der Waals surface area contributed by atoms with Crippen LogP contribution in [0.15, 0.2) is 12.2 Å². The van der Waals surface area contributed by atoms with Crippen molar-refractivity contribution in [2.45, 2.75) is 78.1 Å². The predicted molar refractivity (Wildman–Crippen MR) is 123 cm³/mol. The third-order valence-electron chi connectivity index (χ3n) is 6.90. The van der Waals surface area contributed by atoms with Gasteiger partial charge in [0, 0.05) is 6.61 Å². The first-order valence-electron chi connectivity index (χ1n) is 10.4. The summed E-state index contributed by atoms with van der Waals surface area (Å²) in [7, 11) is 2.50. The quantitative estimate of drug-likeness (QED) is 0.267. The molecule has 0 heterocycles. The molecular weight excluding hydrogens is 387 g/mol. The SMILES string of the molecule is C=C1CCC(OP(=O)(N(C)C)N(C)C)C(C)(C)C1CCO[Si](C)(C)C(C)(C)C. The Balaban J connectivity index is 2.93. The van der Waals surface area contributed by atoms with E-state index in [1.54, 1.807) is 9.34 Å². The summed E-state index contributed by atoms with van der Waals surface area (Å²) in [6, 6.07) is 0. The largest absolute Gasteiger partial charge is 0.417 e. The molecule has 0 aromatic carbocycles. The van der Waals surface area contributed by atoms with Crippen molar-refractivity contribution in [3.8, 4) is 0 Å². The Bertz CT molecular complexity index is 585. The van der Waals surface area contributed by atoms with Crippen molar-refractivity contribution in [3.05, 3.63) is 12.2 Å². The molecule has 0 aliphatic heterocycles. The van der Waals surface area contributed by atoms with Crippen LogP contribution in [-0.2, 0) is 13.5 Å². The van der Waals surface area contributed by atoms with Crippen molar-refractivity contribution < 1.29 is 13.5 Å². The zero-order chi connectivity index (χ0) is 22.1. The molecule has 2 unspecified atom stereocenters. The topological polar surface area (TPSA) is 42.0 Å². The Morgan fingerprint density at radius 1 is 1.18 bits per heavy atom. The van der Waals surface area contributed by atoms with E-state index in [2.05, 4.69) is 54.3 Å². The van der Waals surface area contributed by atoms with Crippen molar-refractivity contribution in [2.75, 3.05) is 34.8 Å². The maximum atomic E-state index is 13.4. The molecule has 0 aromatic rings. The number of hydrogen-bond acceptors (Lipinski definition) is 3. The third-order valence-corrected chi connectivity index (χ3v) is 14.0. The highest BCUT2D eigenvalue weighted by Gasteiger charge is 2.47. The molecule has 0 N–H and O–H groups in total. The second-order valence-electron chi connectivity index (χ2n) is 10.7. The minimum atomic E-state index is -3.02. The lowest BCUT2D eigenvalue weighted by atomic mass is 9.64. The molecule has 5 nitrogen and oxygen atoms in total. The van der Waals surface area contributed by atoms with E-state index < -0.39 is 16.0 Å². The van der Waals surface area contributed by atoms with Gasteiger partial charge < -0.3 is 8.95 Å². The van der Waals surface area contributed by atoms with Gasteiger partial charge in [-0.2, -0.15) is 0 Å². The lowest BCUT2D eigenvalue weighted by molar-refractivity contribution is -0.00299. The lowest BCUT2D eigenvalue weighted by Gasteiger charge is -2.48. The van der Waals surface area contributed by atoms with Gasteiger partial charge in [-0.05, 0) is 76.9 Å². The van der Waals surface area contributed by atoms with Crippen LogP contribution in [0.3, 0.4) is 0 Å². The van der Waals surface area contributed by atoms with Gasteiger partial charge in [-0.3, -0.25) is 4.57 Å². The van der Waals surface area contributed by atoms with Crippen molar-refractivity contribution >= 4 is 16.0 Å². The predicted octanol–water partition coefficient (Wildman–Crippen LogP) is 6.01. The molecule has 1 fully saturated rings. The average Bonchev–Trinajstić information content (AvgIpc) is 2.51.